The summed E-state index contributed by atoms with van der Waals surface area (Å²) in [5, 5.41) is 13.6. The van der Waals surface area contributed by atoms with Gasteiger partial charge in [0.1, 0.15) is 0 Å². The number of oxime groups is 1. The number of carbonyl (C=O) groups is 1. The number of rotatable bonds is 4. The van der Waals surface area contributed by atoms with Crippen molar-refractivity contribution in [1.29, 1.82) is 0 Å². The minimum atomic E-state index is 0.0306. The first-order chi connectivity index (χ1) is 12.5. The Labute approximate surface area is 164 Å². The molecular weight excluding hydrogens is 373 g/mol. The molecule has 0 aromatic heterocycles. The highest BCUT2D eigenvalue weighted by molar-refractivity contribution is 6.42. The molecule has 0 spiro atoms. The highest BCUT2D eigenvalue weighted by Crippen LogP contribution is 2.29. The predicted molar refractivity (Wildman–Crippen MR) is 104 cm³/mol. The molecule has 0 radical (unpaired) electrons. The molecule has 1 aliphatic carbocycles. The maximum Gasteiger partial charge on any atom is 0.227 e. The maximum atomic E-state index is 12.9. The number of benzene rings is 1. The molecule has 1 saturated carbocycles. The minimum Gasteiger partial charge on any atom is -0.411 e. The van der Waals surface area contributed by atoms with Crippen LogP contribution in [0.5, 0.6) is 0 Å². The van der Waals surface area contributed by atoms with Crippen molar-refractivity contribution < 1.29 is 10.0 Å². The van der Waals surface area contributed by atoms with Crippen molar-refractivity contribution in [3.8, 4) is 0 Å². The average Bonchev–Trinajstić information content (AvgIpc) is 3.18. The lowest BCUT2D eigenvalue weighted by atomic mass is 9.86. The van der Waals surface area contributed by atoms with Crippen molar-refractivity contribution in [1.82, 2.24) is 9.80 Å². The summed E-state index contributed by atoms with van der Waals surface area (Å²) in [6.07, 6.45) is 5.05. The third kappa shape index (κ3) is 4.33. The van der Waals surface area contributed by atoms with Crippen molar-refractivity contribution >= 4 is 34.8 Å². The van der Waals surface area contributed by atoms with E-state index in [0.717, 1.165) is 37.2 Å². The number of amides is 1. The van der Waals surface area contributed by atoms with Crippen LogP contribution < -0.4 is 0 Å². The van der Waals surface area contributed by atoms with Gasteiger partial charge in [-0.25, -0.2) is 0 Å². The van der Waals surface area contributed by atoms with Gasteiger partial charge in [-0.1, -0.05) is 34.4 Å². The van der Waals surface area contributed by atoms with Crippen LogP contribution in [0.4, 0.5) is 0 Å². The number of likely N-dealkylation sites (tertiary alicyclic amines) is 1. The van der Waals surface area contributed by atoms with E-state index < -0.39 is 0 Å². The normalized spacial score (nSPS) is 25.6. The monoisotopic (exact) mass is 397 g/mol. The lowest BCUT2D eigenvalue weighted by Crippen LogP contribution is -2.55. The molecule has 1 heterocycles. The van der Waals surface area contributed by atoms with Crippen LogP contribution in [0, 0.1) is 0 Å². The Balaban J connectivity index is 1.73. The van der Waals surface area contributed by atoms with Crippen LogP contribution in [0.15, 0.2) is 23.4 Å². The molecule has 1 aromatic carbocycles. The summed E-state index contributed by atoms with van der Waals surface area (Å²) in [7, 11) is 1.86. The summed E-state index contributed by atoms with van der Waals surface area (Å²) in [4.78, 5) is 17.2. The predicted octanol–water partition coefficient (Wildman–Crippen LogP) is 3.84. The number of likely N-dealkylation sites (N-methyl/N-ethyl adjacent to an activating group) is 1. The number of nitrogens with zero attached hydrogens (tertiary/aromatic N) is 3. The van der Waals surface area contributed by atoms with Crippen LogP contribution in [0.25, 0.3) is 0 Å². The molecule has 1 aliphatic heterocycles. The van der Waals surface area contributed by atoms with Crippen LogP contribution in [0.3, 0.4) is 0 Å². The quantitative estimate of drug-likeness (QED) is 0.619. The Kier molecular flexibility index (Phi) is 6.43. The lowest BCUT2D eigenvalue weighted by Gasteiger charge is -2.42. The second-order valence-electron chi connectivity index (χ2n) is 7.22. The van der Waals surface area contributed by atoms with Crippen LogP contribution in [-0.2, 0) is 11.2 Å². The molecule has 5 nitrogen and oxygen atoms in total. The van der Waals surface area contributed by atoms with E-state index >= 15 is 0 Å². The fourth-order valence-corrected chi connectivity index (χ4v) is 4.43. The van der Waals surface area contributed by atoms with Gasteiger partial charge in [0.2, 0.25) is 5.91 Å². The van der Waals surface area contributed by atoms with E-state index in [2.05, 4.69) is 10.1 Å². The molecule has 2 atom stereocenters. The van der Waals surface area contributed by atoms with Gasteiger partial charge in [0.05, 0.1) is 28.2 Å². The largest absolute Gasteiger partial charge is 0.411 e. The van der Waals surface area contributed by atoms with Gasteiger partial charge in [0, 0.05) is 19.5 Å². The molecule has 2 fully saturated rings. The van der Waals surface area contributed by atoms with E-state index in [1.54, 1.807) is 12.1 Å². The molecule has 142 valence electrons. The van der Waals surface area contributed by atoms with Crippen molar-refractivity contribution in [2.75, 3.05) is 20.1 Å². The summed E-state index contributed by atoms with van der Waals surface area (Å²) < 4.78 is 0. The highest BCUT2D eigenvalue weighted by atomic mass is 35.5. The zero-order chi connectivity index (χ0) is 18.7. The third-order valence-electron chi connectivity index (χ3n) is 5.60. The molecule has 1 aromatic rings. The topological polar surface area (TPSA) is 56.1 Å². The Morgan fingerprint density at radius 2 is 2.04 bits per heavy atom. The smallest absolute Gasteiger partial charge is 0.227 e. The highest BCUT2D eigenvalue weighted by Gasteiger charge is 2.37. The fourth-order valence-electron chi connectivity index (χ4n) is 4.11. The van der Waals surface area contributed by atoms with Crippen molar-refractivity contribution in [3.05, 3.63) is 33.8 Å². The van der Waals surface area contributed by atoms with Crippen molar-refractivity contribution in [2.24, 2.45) is 5.16 Å². The third-order valence-corrected chi connectivity index (χ3v) is 6.34. The van der Waals surface area contributed by atoms with Crippen LogP contribution >= 0.6 is 23.2 Å². The fraction of sp³-hybridized carbons (Fsp3) is 0.579. The molecule has 0 unspecified atom stereocenters. The molecule has 0 bridgehead atoms. The zero-order valence-corrected chi connectivity index (χ0v) is 16.5. The Bertz CT molecular complexity index is 689. The first-order valence-electron chi connectivity index (χ1n) is 9.13. The maximum absolute atomic E-state index is 12.9. The second-order valence-corrected chi connectivity index (χ2v) is 8.03. The SMILES string of the molecule is CN(C(=O)Cc1ccc(Cl)c(Cl)c1)[C@@H]1CC(=NO)CC[C@H]1N1CCCC1. The van der Waals surface area contributed by atoms with Crippen LogP contribution in [-0.4, -0.2) is 58.8 Å². The van der Waals surface area contributed by atoms with Crippen molar-refractivity contribution in [2.45, 2.75) is 50.6 Å². The van der Waals surface area contributed by atoms with Gasteiger partial charge in [-0.15, -0.1) is 0 Å². The van der Waals surface area contributed by atoms with E-state index in [0.29, 0.717) is 22.5 Å². The summed E-state index contributed by atoms with van der Waals surface area (Å²) in [5.74, 6) is 0.0387. The van der Waals surface area contributed by atoms with Gasteiger partial charge in [-0.3, -0.25) is 9.69 Å². The van der Waals surface area contributed by atoms with Gasteiger partial charge in [-0.05, 0) is 56.5 Å². The summed E-state index contributed by atoms with van der Waals surface area (Å²) in [5.41, 5.74) is 1.63. The first kappa shape index (κ1) is 19.5. The van der Waals surface area contributed by atoms with E-state index in [4.69, 9.17) is 23.2 Å². The van der Waals surface area contributed by atoms with Crippen molar-refractivity contribution in [3.63, 3.8) is 0 Å². The molecule has 1 amide bonds. The Morgan fingerprint density at radius 3 is 2.69 bits per heavy atom. The molecular formula is C19H25Cl2N3O2. The van der Waals surface area contributed by atoms with Gasteiger partial charge < -0.3 is 10.1 Å². The molecule has 3 rings (SSSR count). The van der Waals surface area contributed by atoms with E-state index in [1.807, 2.05) is 18.0 Å². The van der Waals surface area contributed by atoms with Crippen LogP contribution in [0.1, 0.15) is 37.7 Å². The number of halogens is 2. The Hall–Kier alpha value is -1.30. The van der Waals surface area contributed by atoms with Gasteiger partial charge in [0.15, 0.2) is 0 Å². The molecule has 1 saturated heterocycles. The molecule has 2 aliphatic rings. The standard InChI is InChI=1S/C19H25Cl2N3O2/c1-23(19(25)11-13-4-6-15(20)16(21)10-13)18-12-14(22-26)5-7-17(18)24-8-2-3-9-24/h4,6,10,17-18,26H,2-3,5,7-9,11-12H2,1H3/t17-,18-/m1/s1. The second kappa shape index (κ2) is 8.59. The van der Waals surface area contributed by atoms with Gasteiger partial charge >= 0.3 is 0 Å². The first-order valence-corrected chi connectivity index (χ1v) is 9.88. The molecule has 7 heteroatoms. The summed E-state index contributed by atoms with van der Waals surface area (Å²) in [6.45, 7) is 2.17. The summed E-state index contributed by atoms with van der Waals surface area (Å²) in [6, 6.07) is 5.65. The van der Waals surface area contributed by atoms with E-state index in [9.17, 15) is 10.0 Å². The summed E-state index contributed by atoms with van der Waals surface area (Å²) >= 11 is 12.0. The van der Waals surface area contributed by atoms with Gasteiger partial charge in [0.25, 0.3) is 0 Å². The zero-order valence-electron chi connectivity index (χ0n) is 15.0. The lowest BCUT2D eigenvalue weighted by molar-refractivity contribution is -0.132. The molecule has 26 heavy (non-hydrogen) atoms. The van der Waals surface area contributed by atoms with E-state index in [1.165, 1.54) is 12.8 Å². The van der Waals surface area contributed by atoms with Crippen LogP contribution in [0.2, 0.25) is 10.0 Å². The Morgan fingerprint density at radius 1 is 1.31 bits per heavy atom. The molecule has 1 N–H and O–H groups in total. The average molecular weight is 398 g/mol. The number of carbonyl (C=O) groups excluding carboxylic acids is 1. The van der Waals surface area contributed by atoms with E-state index in [-0.39, 0.29) is 18.4 Å². The number of hydrogen-bond acceptors (Lipinski definition) is 4. The minimum absolute atomic E-state index is 0.0306. The van der Waals surface area contributed by atoms with Gasteiger partial charge in [-0.2, -0.15) is 0 Å². The number of hydrogen-bond donors (Lipinski definition) is 1.